The van der Waals surface area contributed by atoms with Crippen molar-refractivity contribution in [3.63, 3.8) is 0 Å². The monoisotopic (exact) mass is 181 g/mol. The molecule has 0 aliphatic heterocycles. The van der Waals surface area contributed by atoms with Gasteiger partial charge in [0.15, 0.2) is 5.69 Å². The first-order valence-corrected chi connectivity index (χ1v) is 4.04. The molecule has 0 aliphatic carbocycles. The summed E-state index contributed by atoms with van der Waals surface area (Å²) >= 11 is 0. The van der Waals surface area contributed by atoms with Crippen molar-refractivity contribution >= 4 is 5.69 Å². The zero-order chi connectivity index (χ0) is 10.4. The lowest BCUT2D eigenvalue weighted by molar-refractivity contribution is 1.21. The number of nitrogens with zero attached hydrogens (tertiary/aromatic N) is 3. The van der Waals surface area contributed by atoms with E-state index in [9.17, 15) is 0 Å². The van der Waals surface area contributed by atoms with Gasteiger partial charge < -0.3 is 0 Å². The van der Waals surface area contributed by atoms with Crippen LogP contribution in [0.2, 0.25) is 0 Å². The Kier molecular flexibility index (Phi) is 3.25. The van der Waals surface area contributed by atoms with Gasteiger partial charge in [-0.25, -0.2) is 4.85 Å². The van der Waals surface area contributed by atoms with E-state index in [4.69, 9.17) is 17.1 Å². The van der Waals surface area contributed by atoms with Crippen molar-refractivity contribution in [3.8, 4) is 12.1 Å². The lowest BCUT2D eigenvalue weighted by Gasteiger charge is -2.00. The molecule has 1 aromatic carbocycles. The molecule has 0 saturated heterocycles. The normalized spacial score (nSPS) is 8.36. The minimum Gasteiger partial charge on any atom is -0.238 e. The molecule has 0 amide bonds. The molecule has 3 heteroatoms. The van der Waals surface area contributed by atoms with Gasteiger partial charge in [0.2, 0.25) is 0 Å². The van der Waals surface area contributed by atoms with Gasteiger partial charge in [0.25, 0.3) is 0 Å². The van der Waals surface area contributed by atoms with Crippen LogP contribution in [-0.2, 0) is 12.8 Å². The lowest BCUT2D eigenvalue weighted by atomic mass is 10.1. The fraction of sp³-hybridized carbons (Fsp3) is 0.182. The lowest BCUT2D eigenvalue weighted by Crippen LogP contribution is -1.86. The second-order valence-electron chi connectivity index (χ2n) is 2.79. The smallest absolute Gasteiger partial charge is 0.187 e. The topological polar surface area (TPSA) is 51.9 Å². The van der Waals surface area contributed by atoms with E-state index in [1.54, 1.807) is 18.2 Å². The summed E-state index contributed by atoms with van der Waals surface area (Å²) in [5.41, 5.74) is 2.08. The molecule has 0 aliphatic rings. The Morgan fingerprint density at radius 2 is 1.57 bits per heavy atom. The third-order valence-electron chi connectivity index (χ3n) is 1.73. The first-order chi connectivity index (χ1) is 6.80. The summed E-state index contributed by atoms with van der Waals surface area (Å²) in [6, 6.07) is 9.19. The van der Waals surface area contributed by atoms with Crippen LogP contribution >= 0.6 is 0 Å². The van der Waals surface area contributed by atoms with Crippen molar-refractivity contribution in [2.75, 3.05) is 0 Å². The molecule has 0 saturated carbocycles. The van der Waals surface area contributed by atoms with E-state index >= 15 is 0 Å². The summed E-state index contributed by atoms with van der Waals surface area (Å²) in [6.45, 7) is 6.86. The van der Waals surface area contributed by atoms with Gasteiger partial charge in [-0.05, 0) is 11.1 Å². The summed E-state index contributed by atoms with van der Waals surface area (Å²) < 4.78 is 0. The molecule has 0 aromatic heterocycles. The third-order valence-corrected chi connectivity index (χ3v) is 1.73. The number of hydrogen-bond donors (Lipinski definition) is 0. The van der Waals surface area contributed by atoms with Gasteiger partial charge in [0.1, 0.15) is 0 Å². The molecule has 0 radical (unpaired) electrons. The molecule has 3 nitrogen and oxygen atoms in total. The highest BCUT2D eigenvalue weighted by Gasteiger charge is 2.00. The van der Waals surface area contributed by atoms with E-state index < -0.39 is 0 Å². The first kappa shape index (κ1) is 9.78. The predicted octanol–water partition coefficient (Wildman–Crippen LogP) is 2.37. The Bertz CT molecular complexity index is 421. The van der Waals surface area contributed by atoms with Gasteiger partial charge >= 0.3 is 0 Å². The zero-order valence-electron chi connectivity index (χ0n) is 7.49. The fourth-order valence-corrected chi connectivity index (χ4v) is 1.19. The minimum atomic E-state index is 0.280. The molecule has 1 rings (SSSR count). The van der Waals surface area contributed by atoms with Crippen molar-refractivity contribution in [1.82, 2.24) is 0 Å². The van der Waals surface area contributed by atoms with E-state index in [-0.39, 0.29) is 12.8 Å². The maximum Gasteiger partial charge on any atom is 0.187 e. The molecular formula is C11H7N3. The summed E-state index contributed by atoms with van der Waals surface area (Å²) in [4.78, 5) is 3.29. The molecule has 0 spiro atoms. The maximum absolute atomic E-state index is 8.51. The van der Waals surface area contributed by atoms with Crippen LogP contribution < -0.4 is 0 Å². The van der Waals surface area contributed by atoms with Crippen LogP contribution in [0.25, 0.3) is 4.85 Å². The molecule has 0 fully saturated rings. The second kappa shape index (κ2) is 4.65. The summed E-state index contributed by atoms with van der Waals surface area (Å²) in [5, 5.41) is 17.0. The summed E-state index contributed by atoms with van der Waals surface area (Å²) in [7, 11) is 0. The van der Waals surface area contributed by atoms with Crippen molar-refractivity contribution in [1.29, 1.82) is 10.5 Å². The quantitative estimate of drug-likeness (QED) is 0.657. The maximum atomic E-state index is 8.51. The highest BCUT2D eigenvalue weighted by Crippen LogP contribution is 2.18. The standard InChI is InChI=1S/C11H7N3/c1-14-11-7-9(2-4-12)6-10(8-11)3-5-13/h6-8H,2-3H2. The molecule has 0 atom stereocenters. The van der Waals surface area contributed by atoms with Crippen LogP contribution in [-0.4, -0.2) is 0 Å². The zero-order valence-corrected chi connectivity index (χ0v) is 7.49. The second-order valence-corrected chi connectivity index (χ2v) is 2.79. The molecular weight excluding hydrogens is 174 g/mol. The Morgan fingerprint density at radius 3 is 1.93 bits per heavy atom. The summed E-state index contributed by atoms with van der Waals surface area (Å²) in [6.07, 6.45) is 0.559. The first-order valence-electron chi connectivity index (χ1n) is 4.04. The Morgan fingerprint density at radius 1 is 1.07 bits per heavy atom. The molecule has 0 N–H and O–H groups in total. The Labute approximate surface area is 82.6 Å². The predicted molar refractivity (Wildman–Crippen MR) is 51.3 cm³/mol. The number of hydrogen-bond acceptors (Lipinski definition) is 2. The van der Waals surface area contributed by atoms with E-state index in [0.717, 1.165) is 11.1 Å². The van der Waals surface area contributed by atoms with Crippen molar-refractivity contribution in [3.05, 3.63) is 40.7 Å². The van der Waals surface area contributed by atoms with E-state index in [2.05, 4.69) is 4.85 Å². The SMILES string of the molecule is [C-]#[N+]c1cc(CC#N)cc(CC#N)c1. The Hall–Kier alpha value is -2.31. The molecule has 0 heterocycles. The van der Waals surface area contributed by atoms with Gasteiger partial charge in [-0.15, -0.1) is 0 Å². The van der Waals surface area contributed by atoms with Crippen molar-refractivity contribution in [2.24, 2.45) is 0 Å². The third kappa shape index (κ3) is 2.34. The average Bonchev–Trinajstić information content (AvgIpc) is 2.18. The van der Waals surface area contributed by atoms with Crippen LogP contribution in [0.3, 0.4) is 0 Å². The van der Waals surface area contributed by atoms with Gasteiger partial charge in [0, 0.05) is 0 Å². The van der Waals surface area contributed by atoms with Gasteiger partial charge in [-0.3, -0.25) is 0 Å². The molecule has 0 unspecified atom stereocenters. The number of benzene rings is 1. The summed E-state index contributed by atoms with van der Waals surface area (Å²) in [5.74, 6) is 0. The van der Waals surface area contributed by atoms with Crippen molar-refractivity contribution in [2.45, 2.75) is 12.8 Å². The van der Waals surface area contributed by atoms with E-state index in [0.29, 0.717) is 5.69 Å². The highest BCUT2D eigenvalue weighted by molar-refractivity contribution is 5.50. The van der Waals surface area contributed by atoms with Crippen LogP contribution in [0.4, 0.5) is 5.69 Å². The highest BCUT2D eigenvalue weighted by atomic mass is 14.6. The molecule has 14 heavy (non-hydrogen) atoms. The van der Waals surface area contributed by atoms with Crippen molar-refractivity contribution < 1.29 is 0 Å². The van der Waals surface area contributed by atoms with Gasteiger partial charge in [-0.1, -0.05) is 18.2 Å². The van der Waals surface area contributed by atoms with Crippen LogP contribution in [0.1, 0.15) is 11.1 Å². The van der Waals surface area contributed by atoms with E-state index in [1.807, 2.05) is 12.1 Å². The average molecular weight is 181 g/mol. The van der Waals surface area contributed by atoms with Crippen LogP contribution in [0, 0.1) is 29.2 Å². The van der Waals surface area contributed by atoms with Crippen LogP contribution in [0.15, 0.2) is 18.2 Å². The molecule has 0 bridgehead atoms. The molecule has 1 aromatic rings. The van der Waals surface area contributed by atoms with E-state index in [1.165, 1.54) is 0 Å². The van der Waals surface area contributed by atoms with Gasteiger partial charge in [0.05, 0.1) is 31.6 Å². The number of rotatable bonds is 2. The minimum absolute atomic E-state index is 0.280. The fourth-order valence-electron chi connectivity index (χ4n) is 1.19. The Balaban J connectivity index is 3.11. The van der Waals surface area contributed by atoms with Gasteiger partial charge in [-0.2, -0.15) is 10.5 Å². The largest absolute Gasteiger partial charge is 0.238 e. The van der Waals surface area contributed by atoms with Crippen LogP contribution in [0.5, 0.6) is 0 Å². The molecule has 66 valence electrons. The number of nitriles is 2.